The van der Waals surface area contributed by atoms with Gasteiger partial charge in [0.05, 0.1) is 38.3 Å². The van der Waals surface area contributed by atoms with Crippen LogP contribution in [0.1, 0.15) is 6.42 Å². The minimum absolute atomic E-state index is 0.0869. The number of morpholine rings is 1. The molecule has 0 saturated carbocycles. The van der Waals surface area contributed by atoms with Gasteiger partial charge in [-0.3, -0.25) is 4.79 Å². The van der Waals surface area contributed by atoms with Crippen molar-refractivity contribution in [1.29, 1.82) is 0 Å². The van der Waals surface area contributed by atoms with Gasteiger partial charge in [0.2, 0.25) is 0 Å². The second-order valence-electron chi connectivity index (χ2n) is 3.93. The Morgan fingerprint density at radius 1 is 1.44 bits per heavy atom. The second kappa shape index (κ2) is 6.97. The first-order valence-electron chi connectivity index (χ1n) is 5.57. The summed E-state index contributed by atoms with van der Waals surface area (Å²) in [5.41, 5.74) is 0. The fourth-order valence-corrected chi connectivity index (χ4v) is 1.70. The molecule has 0 bridgehead atoms. The van der Waals surface area contributed by atoms with Gasteiger partial charge in [-0.05, 0) is 0 Å². The molecule has 0 aliphatic carbocycles. The van der Waals surface area contributed by atoms with Gasteiger partial charge in [0, 0.05) is 0 Å². The highest BCUT2D eigenvalue weighted by Crippen LogP contribution is 2.15. The number of amides is 1. The lowest BCUT2D eigenvalue weighted by molar-refractivity contribution is -0.147. The van der Waals surface area contributed by atoms with Crippen molar-refractivity contribution in [3.8, 4) is 0 Å². The van der Waals surface area contributed by atoms with Crippen molar-refractivity contribution in [2.45, 2.75) is 18.6 Å². The molecule has 1 amide bonds. The third-order valence-corrected chi connectivity index (χ3v) is 2.42. The molecule has 1 aliphatic rings. The average Bonchev–Trinajstić information content (AvgIpc) is 2.34. The number of aliphatic carboxylic acids is 1. The average molecular weight is 259 g/mol. The molecule has 0 unspecified atom stereocenters. The number of carbonyl (C=O) groups excluding carboxylic acids is 1. The Bertz CT molecular complexity index is 319. The predicted molar refractivity (Wildman–Crippen MR) is 61.1 cm³/mol. The normalized spacial score (nSPS) is 23.5. The zero-order valence-electron chi connectivity index (χ0n) is 9.95. The molecule has 2 atom stereocenters. The Morgan fingerprint density at radius 3 is 2.67 bits per heavy atom. The molecule has 2 N–H and O–H groups in total. The van der Waals surface area contributed by atoms with E-state index in [-0.39, 0.29) is 32.7 Å². The number of rotatable bonds is 5. The van der Waals surface area contributed by atoms with Gasteiger partial charge in [0.15, 0.2) is 0 Å². The molecule has 0 aromatic rings. The Morgan fingerprint density at radius 2 is 2.11 bits per heavy atom. The molecule has 1 rings (SSSR count). The van der Waals surface area contributed by atoms with Gasteiger partial charge < -0.3 is 24.6 Å². The lowest BCUT2D eigenvalue weighted by atomic mass is 10.1. The Balaban J connectivity index is 2.58. The molecule has 1 heterocycles. The summed E-state index contributed by atoms with van der Waals surface area (Å²) in [6.45, 7) is 3.56. The molecule has 1 saturated heterocycles. The molecule has 0 aromatic heterocycles. The standard InChI is InChI=1S/C11H17NO6/c1-2-3-17-11(16)12-5-8(4-10(14)15)18-9(6-12)7-13/h2,8-9,13H,1,3-7H2,(H,14,15)/t8-,9+/m1/s1. The maximum Gasteiger partial charge on any atom is 0.410 e. The molecule has 1 aliphatic heterocycles. The molecule has 1 fully saturated rings. The number of aliphatic hydroxyl groups excluding tert-OH is 1. The quantitative estimate of drug-likeness (QED) is 0.666. The SMILES string of the molecule is C=CCOC(=O)N1C[C@@H](CO)O[C@H](CC(=O)O)C1. The van der Waals surface area contributed by atoms with E-state index in [4.69, 9.17) is 19.7 Å². The molecule has 0 radical (unpaired) electrons. The van der Waals surface area contributed by atoms with Crippen LogP contribution in [0.25, 0.3) is 0 Å². The van der Waals surface area contributed by atoms with Crippen molar-refractivity contribution in [2.24, 2.45) is 0 Å². The Kier molecular flexibility index (Phi) is 5.60. The van der Waals surface area contributed by atoms with Gasteiger partial charge in [0.25, 0.3) is 0 Å². The van der Waals surface area contributed by atoms with Crippen LogP contribution in [0.2, 0.25) is 0 Å². The van der Waals surface area contributed by atoms with E-state index < -0.39 is 24.3 Å². The molecule has 0 aromatic carbocycles. The molecule has 7 nitrogen and oxygen atoms in total. The van der Waals surface area contributed by atoms with Gasteiger partial charge in [-0.15, -0.1) is 0 Å². The zero-order chi connectivity index (χ0) is 13.5. The third kappa shape index (κ3) is 4.34. The number of carboxylic acid groups (broad SMARTS) is 1. The molecule has 0 spiro atoms. The van der Waals surface area contributed by atoms with Gasteiger partial charge in [-0.2, -0.15) is 0 Å². The summed E-state index contributed by atoms with van der Waals surface area (Å²) in [7, 11) is 0. The van der Waals surface area contributed by atoms with E-state index in [1.165, 1.54) is 11.0 Å². The van der Waals surface area contributed by atoms with Gasteiger partial charge in [-0.1, -0.05) is 12.7 Å². The van der Waals surface area contributed by atoms with Crippen LogP contribution in [0.3, 0.4) is 0 Å². The smallest absolute Gasteiger partial charge is 0.410 e. The number of carboxylic acids is 1. The number of aliphatic hydroxyl groups is 1. The van der Waals surface area contributed by atoms with Crippen LogP contribution >= 0.6 is 0 Å². The molecule has 7 heteroatoms. The monoisotopic (exact) mass is 259 g/mol. The zero-order valence-corrected chi connectivity index (χ0v) is 9.95. The predicted octanol–water partition coefficient (Wildman–Crippen LogP) is -0.155. The van der Waals surface area contributed by atoms with Crippen LogP contribution in [-0.4, -0.2) is 65.7 Å². The van der Waals surface area contributed by atoms with Crippen molar-refractivity contribution in [2.75, 3.05) is 26.3 Å². The number of carbonyl (C=O) groups is 2. The van der Waals surface area contributed by atoms with Gasteiger partial charge >= 0.3 is 12.1 Å². The van der Waals surface area contributed by atoms with Crippen LogP contribution in [0.4, 0.5) is 4.79 Å². The van der Waals surface area contributed by atoms with Crippen molar-refractivity contribution in [3.63, 3.8) is 0 Å². The first-order valence-corrected chi connectivity index (χ1v) is 5.57. The molecular formula is C11H17NO6. The van der Waals surface area contributed by atoms with Crippen LogP contribution in [0, 0.1) is 0 Å². The van der Waals surface area contributed by atoms with Crippen LogP contribution in [-0.2, 0) is 14.3 Å². The lowest BCUT2D eigenvalue weighted by Crippen LogP contribution is -2.51. The van der Waals surface area contributed by atoms with E-state index in [0.717, 1.165) is 0 Å². The highest BCUT2D eigenvalue weighted by molar-refractivity contribution is 5.69. The summed E-state index contributed by atoms with van der Waals surface area (Å²) in [4.78, 5) is 23.6. The van der Waals surface area contributed by atoms with Crippen LogP contribution in [0.5, 0.6) is 0 Å². The summed E-state index contributed by atoms with van der Waals surface area (Å²) in [5.74, 6) is -1.02. The van der Waals surface area contributed by atoms with E-state index in [1.807, 2.05) is 0 Å². The summed E-state index contributed by atoms with van der Waals surface area (Å²) in [5, 5.41) is 17.8. The van der Waals surface area contributed by atoms with Crippen molar-refractivity contribution < 1.29 is 29.3 Å². The van der Waals surface area contributed by atoms with E-state index in [2.05, 4.69) is 6.58 Å². The van der Waals surface area contributed by atoms with E-state index in [9.17, 15) is 9.59 Å². The van der Waals surface area contributed by atoms with Crippen molar-refractivity contribution in [3.05, 3.63) is 12.7 Å². The maximum absolute atomic E-state index is 11.6. The molecule has 102 valence electrons. The first kappa shape index (κ1) is 14.5. The lowest BCUT2D eigenvalue weighted by Gasteiger charge is -2.36. The summed E-state index contributed by atoms with van der Waals surface area (Å²) in [6, 6.07) is 0. The van der Waals surface area contributed by atoms with E-state index in [0.29, 0.717) is 0 Å². The van der Waals surface area contributed by atoms with E-state index in [1.54, 1.807) is 0 Å². The van der Waals surface area contributed by atoms with E-state index >= 15 is 0 Å². The second-order valence-corrected chi connectivity index (χ2v) is 3.93. The highest BCUT2D eigenvalue weighted by atomic mass is 16.6. The Hall–Kier alpha value is -1.60. The van der Waals surface area contributed by atoms with Gasteiger partial charge in [-0.25, -0.2) is 4.79 Å². The highest BCUT2D eigenvalue weighted by Gasteiger charge is 2.32. The first-order chi connectivity index (χ1) is 8.56. The summed E-state index contributed by atoms with van der Waals surface area (Å²) < 4.78 is 10.2. The summed E-state index contributed by atoms with van der Waals surface area (Å²) >= 11 is 0. The van der Waals surface area contributed by atoms with Gasteiger partial charge in [0.1, 0.15) is 6.61 Å². The van der Waals surface area contributed by atoms with Crippen molar-refractivity contribution in [1.82, 2.24) is 4.90 Å². The largest absolute Gasteiger partial charge is 0.481 e. The number of hydrogen-bond acceptors (Lipinski definition) is 5. The minimum atomic E-state index is -1.02. The topological polar surface area (TPSA) is 96.3 Å². The van der Waals surface area contributed by atoms with Crippen molar-refractivity contribution >= 4 is 12.1 Å². The number of nitrogens with zero attached hydrogens (tertiary/aromatic N) is 1. The number of hydrogen-bond donors (Lipinski definition) is 2. The van der Waals surface area contributed by atoms with Crippen LogP contribution < -0.4 is 0 Å². The van der Waals surface area contributed by atoms with Crippen LogP contribution in [0.15, 0.2) is 12.7 Å². The summed E-state index contributed by atoms with van der Waals surface area (Å²) in [6.07, 6.45) is -0.561. The minimum Gasteiger partial charge on any atom is -0.481 e. The fraction of sp³-hybridized carbons (Fsp3) is 0.636. The molecular weight excluding hydrogens is 242 g/mol. The number of ether oxygens (including phenoxy) is 2. The third-order valence-electron chi connectivity index (χ3n) is 2.42. The molecule has 18 heavy (non-hydrogen) atoms. The Labute approximate surface area is 105 Å². The maximum atomic E-state index is 11.6. The fourth-order valence-electron chi connectivity index (χ4n) is 1.70.